The van der Waals surface area contributed by atoms with E-state index >= 15 is 0 Å². The van der Waals surface area contributed by atoms with Crippen LogP contribution in [0.4, 0.5) is 0 Å². The summed E-state index contributed by atoms with van der Waals surface area (Å²) >= 11 is 0. The summed E-state index contributed by atoms with van der Waals surface area (Å²) < 4.78 is 17.3. The van der Waals surface area contributed by atoms with Gasteiger partial charge in [-0.25, -0.2) is 4.79 Å². The number of carbonyl (C=O) groups is 3. The minimum atomic E-state index is -0.502. The number of carbonyl (C=O) groups excluding carboxylic acids is 3. The fourth-order valence-electron chi connectivity index (χ4n) is 4.02. The largest absolute Gasteiger partial charge is 0.497 e. The van der Waals surface area contributed by atoms with Gasteiger partial charge in [-0.2, -0.15) is 0 Å². The van der Waals surface area contributed by atoms with Crippen LogP contribution < -0.4 is 4.74 Å². The van der Waals surface area contributed by atoms with Crippen LogP contribution in [0.3, 0.4) is 0 Å². The minimum Gasteiger partial charge on any atom is -0.497 e. The number of nitrogens with zero attached hydrogens (tertiary/aromatic N) is 2. The molecule has 0 bridgehead atoms. The van der Waals surface area contributed by atoms with Crippen LogP contribution >= 0.6 is 0 Å². The van der Waals surface area contributed by atoms with E-state index in [-0.39, 0.29) is 24.8 Å². The molecule has 0 fully saturated rings. The summed E-state index contributed by atoms with van der Waals surface area (Å²) in [5, 5.41) is 0. The van der Waals surface area contributed by atoms with Gasteiger partial charge in [0, 0.05) is 23.4 Å². The standard InChI is InChI=1S/C25H28N2O6/c1-6-27-17(3)22(16(2)23(27)25(30)32-5)21(28)15-26(14-20-8-7-13-33-20)24(29)18-9-11-19(31-4)12-10-18/h7-13H,6,14-15H2,1-5H3. The van der Waals surface area contributed by atoms with Gasteiger partial charge in [-0.15, -0.1) is 0 Å². The van der Waals surface area contributed by atoms with E-state index in [1.165, 1.54) is 18.3 Å². The number of hydrogen-bond donors (Lipinski definition) is 0. The van der Waals surface area contributed by atoms with Crippen molar-refractivity contribution in [2.24, 2.45) is 0 Å². The molecule has 8 nitrogen and oxygen atoms in total. The first kappa shape index (κ1) is 23.8. The first-order valence-electron chi connectivity index (χ1n) is 10.6. The molecule has 2 aromatic heterocycles. The molecule has 0 aliphatic rings. The van der Waals surface area contributed by atoms with Gasteiger partial charge in [0.05, 0.1) is 33.6 Å². The van der Waals surface area contributed by atoms with Crippen molar-refractivity contribution in [3.05, 3.63) is 76.5 Å². The molecule has 0 spiro atoms. The van der Waals surface area contributed by atoms with Gasteiger partial charge in [-0.1, -0.05) is 0 Å². The third kappa shape index (κ3) is 4.84. The number of ketones is 1. The third-order valence-electron chi connectivity index (χ3n) is 5.63. The Morgan fingerprint density at radius 1 is 1.06 bits per heavy atom. The number of esters is 1. The molecule has 0 saturated carbocycles. The minimum absolute atomic E-state index is 0.125. The Morgan fingerprint density at radius 3 is 2.30 bits per heavy atom. The van der Waals surface area contributed by atoms with E-state index in [9.17, 15) is 14.4 Å². The van der Waals surface area contributed by atoms with Crippen molar-refractivity contribution >= 4 is 17.7 Å². The Kier molecular flexibility index (Phi) is 7.37. The maximum absolute atomic E-state index is 13.4. The number of Topliss-reactive ketones (excluding diaryl/α,β-unsaturated/α-hetero) is 1. The number of methoxy groups -OCH3 is 2. The summed E-state index contributed by atoms with van der Waals surface area (Å²) in [4.78, 5) is 40.5. The van der Waals surface area contributed by atoms with Crippen molar-refractivity contribution in [3.63, 3.8) is 0 Å². The van der Waals surface area contributed by atoms with E-state index in [0.29, 0.717) is 46.1 Å². The van der Waals surface area contributed by atoms with E-state index in [1.54, 1.807) is 61.9 Å². The average Bonchev–Trinajstić information content (AvgIpc) is 3.42. The van der Waals surface area contributed by atoms with Crippen LogP contribution in [0.25, 0.3) is 0 Å². The van der Waals surface area contributed by atoms with Gasteiger partial charge in [-0.3, -0.25) is 9.59 Å². The van der Waals surface area contributed by atoms with Gasteiger partial charge in [0.25, 0.3) is 5.91 Å². The molecule has 1 aromatic carbocycles. The number of amides is 1. The van der Waals surface area contributed by atoms with Crippen LogP contribution in [-0.2, 0) is 17.8 Å². The summed E-state index contributed by atoms with van der Waals surface area (Å²) in [6, 6.07) is 10.2. The molecule has 0 aliphatic heterocycles. The zero-order chi connectivity index (χ0) is 24.1. The smallest absolute Gasteiger partial charge is 0.354 e. The Morgan fingerprint density at radius 2 is 1.76 bits per heavy atom. The molecule has 0 unspecified atom stereocenters. The Hall–Kier alpha value is -3.81. The molecule has 0 atom stereocenters. The lowest BCUT2D eigenvalue weighted by atomic mass is 10.0. The van der Waals surface area contributed by atoms with Gasteiger partial charge < -0.3 is 23.4 Å². The molecule has 174 valence electrons. The van der Waals surface area contributed by atoms with Crippen LogP contribution in [0.1, 0.15) is 55.1 Å². The van der Waals surface area contributed by atoms with Gasteiger partial charge in [-0.05, 0) is 62.7 Å². The summed E-state index contributed by atoms with van der Waals surface area (Å²) in [5.41, 5.74) is 2.39. The molecule has 2 heterocycles. The summed E-state index contributed by atoms with van der Waals surface area (Å²) in [6.45, 7) is 5.86. The van der Waals surface area contributed by atoms with Crippen molar-refractivity contribution in [2.75, 3.05) is 20.8 Å². The monoisotopic (exact) mass is 452 g/mol. The second kappa shape index (κ2) is 10.2. The molecule has 3 aromatic rings. The van der Waals surface area contributed by atoms with Crippen LogP contribution in [0.5, 0.6) is 5.75 Å². The summed E-state index contributed by atoms with van der Waals surface area (Å²) in [6.07, 6.45) is 1.52. The molecule has 0 aliphatic carbocycles. The number of hydrogen-bond acceptors (Lipinski definition) is 6. The van der Waals surface area contributed by atoms with Gasteiger partial charge >= 0.3 is 5.97 Å². The number of ether oxygens (including phenoxy) is 2. The number of aromatic nitrogens is 1. The maximum Gasteiger partial charge on any atom is 0.354 e. The van der Waals surface area contributed by atoms with Crippen molar-refractivity contribution in [3.8, 4) is 5.75 Å². The summed E-state index contributed by atoms with van der Waals surface area (Å²) in [7, 11) is 2.86. The van der Waals surface area contributed by atoms with Crippen molar-refractivity contribution < 1.29 is 28.3 Å². The highest BCUT2D eigenvalue weighted by atomic mass is 16.5. The molecule has 3 rings (SSSR count). The number of furan rings is 1. The highest BCUT2D eigenvalue weighted by Gasteiger charge is 2.29. The quantitative estimate of drug-likeness (QED) is 0.360. The first-order valence-corrected chi connectivity index (χ1v) is 10.6. The molecule has 8 heteroatoms. The third-order valence-corrected chi connectivity index (χ3v) is 5.63. The van der Waals surface area contributed by atoms with E-state index in [4.69, 9.17) is 13.9 Å². The second-order valence-corrected chi connectivity index (χ2v) is 7.56. The SMILES string of the molecule is CCn1c(C)c(C(=O)CN(Cc2ccco2)C(=O)c2ccc(OC)cc2)c(C)c1C(=O)OC. The van der Waals surface area contributed by atoms with Crippen molar-refractivity contribution in [1.82, 2.24) is 9.47 Å². The van der Waals surface area contributed by atoms with Gasteiger partial charge in [0.15, 0.2) is 5.78 Å². The van der Waals surface area contributed by atoms with Crippen LogP contribution in [-0.4, -0.2) is 47.9 Å². The molecule has 1 amide bonds. The predicted molar refractivity (Wildman–Crippen MR) is 122 cm³/mol. The fraction of sp³-hybridized carbons (Fsp3) is 0.320. The van der Waals surface area contributed by atoms with E-state index in [1.807, 2.05) is 6.92 Å². The normalized spacial score (nSPS) is 10.7. The van der Waals surface area contributed by atoms with E-state index in [0.717, 1.165) is 0 Å². The Labute approximate surface area is 192 Å². The Balaban J connectivity index is 1.96. The first-order chi connectivity index (χ1) is 15.8. The lowest BCUT2D eigenvalue weighted by molar-refractivity contribution is 0.0587. The van der Waals surface area contributed by atoms with Crippen LogP contribution in [0, 0.1) is 13.8 Å². The molecular formula is C25H28N2O6. The zero-order valence-electron chi connectivity index (χ0n) is 19.5. The highest BCUT2D eigenvalue weighted by molar-refractivity contribution is 6.06. The molecule has 0 radical (unpaired) electrons. The predicted octanol–water partition coefficient (Wildman–Crippen LogP) is 4.04. The fourth-order valence-corrected chi connectivity index (χ4v) is 4.02. The van der Waals surface area contributed by atoms with E-state index in [2.05, 4.69) is 0 Å². The molecule has 0 saturated heterocycles. The molecular weight excluding hydrogens is 424 g/mol. The molecule has 33 heavy (non-hydrogen) atoms. The topological polar surface area (TPSA) is 91.0 Å². The van der Waals surface area contributed by atoms with Crippen molar-refractivity contribution in [2.45, 2.75) is 33.9 Å². The molecule has 0 N–H and O–H groups in total. The zero-order valence-corrected chi connectivity index (χ0v) is 19.5. The Bertz CT molecular complexity index is 1140. The van der Waals surface area contributed by atoms with Gasteiger partial charge in [0.1, 0.15) is 17.2 Å². The maximum atomic E-state index is 13.4. The van der Waals surface area contributed by atoms with Crippen molar-refractivity contribution in [1.29, 1.82) is 0 Å². The van der Waals surface area contributed by atoms with Crippen LogP contribution in [0.2, 0.25) is 0 Å². The van der Waals surface area contributed by atoms with E-state index < -0.39 is 5.97 Å². The van der Waals surface area contributed by atoms with Gasteiger partial charge in [0.2, 0.25) is 0 Å². The average molecular weight is 453 g/mol. The lowest BCUT2D eigenvalue weighted by Gasteiger charge is -2.21. The number of benzene rings is 1. The number of rotatable bonds is 9. The summed E-state index contributed by atoms with van der Waals surface area (Å²) in [5.74, 6) is 0.0945. The highest BCUT2D eigenvalue weighted by Crippen LogP contribution is 2.25. The lowest BCUT2D eigenvalue weighted by Crippen LogP contribution is -2.35. The van der Waals surface area contributed by atoms with Crippen LogP contribution in [0.15, 0.2) is 47.1 Å². The second-order valence-electron chi connectivity index (χ2n) is 7.56.